The minimum Gasteiger partial charge on any atom is -0.357 e. The summed E-state index contributed by atoms with van der Waals surface area (Å²) in [5, 5.41) is 8.88. The zero-order valence-corrected chi connectivity index (χ0v) is 19.5. The Morgan fingerprint density at radius 2 is 1.93 bits per heavy atom. The van der Waals surface area contributed by atoms with E-state index >= 15 is 0 Å². The summed E-state index contributed by atoms with van der Waals surface area (Å²) in [4.78, 5) is 19.5. The van der Waals surface area contributed by atoms with Crippen LogP contribution < -0.4 is 15.5 Å². The van der Waals surface area contributed by atoms with Gasteiger partial charge in [-0.05, 0) is 30.9 Å². The SMILES string of the molecule is CCNC(=NCCN1CCN(c2ncccn2)CC1)NCCc1cccs1.I. The van der Waals surface area contributed by atoms with Crippen LogP contribution in [0.4, 0.5) is 5.95 Å². The second kappa shape index (κ2) is 12.9. The molecule has 2 aromatic heterocycles. The van der Waals surface area contributed by atoms with Gasteiger partial charge in [-0.2, -0.15) is 0 Å². The molecule has 1 aliphatic rings. The van der Waals surface area contributed by atoms with Crippen LogP contribution in [0.2, 0.25) is 0 Å². The van der Waals surface area contributed by atoms with Crippen molar-refractivity contribution in [3.8, 4) is 0 Å². The lowest BCUT2D eigenvalue weighted by Gasteiger charge is -2.34. The third-order valence-electron chi connectivity index (χ3n) is 4.48. The van der Waals surface area contributed by atoms with Gasteiger partial charge in [0.1, 0.15) is 0 Å². The predicted molar refractivity (Wildman–Crippen MR) is 128 cm³/mol. The van der Waals surface area contributed by atoms with Gasteiger partial charge in [0.25, 0.3) is 0 Å². The number of aromatic nitrogens is 2. The normalized spacial score (nSPS) is 15.2. The molecule has 1 fully saturated rings. The van der Waals surface area contributed by atoms with E-state index in [0.717, 1.165) is 70.7 Å². The zero-order chi connectivity index (χ0) is 18.7. The molecule has 154 valence electrons. The highest BCUT2D eigenvalue weighted by Gasteiger charge is 2.18. The monoisotopic (exact) mass is 515 g/mol. The number of anilines is 1. The molecule has 1 saturated heterocycles. The summed E-state index contributed by atoms with van der Waals surface area (Å²) >= 11 is 1.80. The summed E-state index contributed by atoms with van der Waals surface area (Å²) < 4.78 is 0. The van der Waals surface area contributed by atoms with Crippen molar-refractivity contribution >= 4 is 47.2 Å². The fourth-order valence-corrected chi connectivity index (χ4v) is 3.74. The van der Waals surface area contributed by atoms with Crippen molar-refractivity contribution in [1.82, 2.24) is 25.5 Å². The van der Waals surface area contributed by atoms with Gasteiger partial charge in [-0.15, -0.1) is 35.3 Å². The average molecular weight is 515 g/mol. The van der Waals surface area contributed by atoms with Crippen LogP contribution in [0.15, 0.2) is 41.0 Å². The first kappa shape index (κ1) is 22.8. The molecule has 0 aromatic carbocycles. The lowest BCUT2D eigenvalue weighted by Crippen LogP contribution is -2.47. The number of rotatable bonds is 8. The molecule has 3 rings (SSSR count). The molecule has 0 amide bonds. The molecule has 0 unspecified atom stereocenters. The topological polar surface area (TPSA) is 68.7 Å². The maximum absolute atomic E-state index is 4.72. The van der Waals surface area contributed by atoms with Gasteiger partial charge in [-0.25, -0.2) is 9.97 Å². The molecule has 9 heteroatoms. The van der Waals surface area contributed by atoms with Crippen molar-refractivity contribution in [3.63, 3.8) is 0 Å². The number of nitrogens with one attached hydrogen (secondary N) is 2. The van der Waals surface area contributed by atoms with E-state index in [0.29, 0.717) is 0 Å². The summed E-state index contributed by atoms with van der Waals surface area (Å²) in [5.41, 5.74) is 0. The van der Waals surface area contributed by atoms with Crippen molar-refractivity contribution in [2.45, 2.75) is 13.3 Å². The van der Waals surface area contributed by atoms with Crippen LogP contribution in [0.3, 0.4) is 0 Å². The highest BCUT2D eigenvalue weighted by Crippen LogP contribution is 2.09. The van der Waals surface area contributed by atoms with E-state index in [4.69, 9.17) is 4.99 Å². The fraction of sp³-hybridized carbons (Fsp3) is 0.526. The van der Waals surface area contributed by atoms with Gasteiger partial charge in [0.2, 0.25) is 5.95 Å². The number of hydrogen-bond acceptors (Lipinski definition) is 6. The number of guanidine groups is 1. The third kappa shape index (κ3) is 7.51. The lowest BCUT2D eigenvalue weighted by atomic mass is 10.3. The molecule has 0 atom stereocenters. The molecule has 0 spiro atoms. The van der Waals surface area contributed by atoms with Gasteiger partial charge in [0, 0.05) is 63.1 Å². The highest BCUT2D eigenvalue weighted by atomic mass is 127. The molecule has 0 bridgehead atoms. The molecular formula is C19H30IN7S. The number of hydrogen-bond donors (Lipinski definition) is 2. The van der Waals surface area contributed by atoms with Crippen LogP contribution in [0.1, 0.15) is 11.8 Å². The Kier molecular flexibility index (Phi) is 10.5. The van der Waals surface area contributed by atoms with E-state index in [2.05, 4.69) is 54.8 Å². The zero-order valence-electron chi connectivity index (χ0n) is 16.4. The molecular weight excluding hydrogens is 485 g/mol. The van der Waals surface area contributed by atoms with Crippen molar-refractivity contribution in [2.24, 2.45) is 4.99 Å². The Hall–Kier alpha value is -1.46. The summed E-state index contributed by atoms with van der Waals surface area (Å²) in [5.74, 6) is 1.74. The molecule has 3 heterocycles. The van der Waals surface area contributed by atoms with Gasteiger partial charge in [-0.3, -0.25) is 9.89 Å². The summed E-state index contributed by atoms with van der Waals surface area (Å²) in [7, 11) is 0. The first-order chi connectivity index (χ1) is 13.3. The van der Waals surface area contributed by atoms with Gasteiger partial charge in [-0.1, -0.05) is 6.07 Å². The standard InChI is InChI=1S/C19H29N7S.HI/c1-2-20-18(21-9-6-17-5-3-16-27-17)22-10-11-25-12-14-26(15-13-25)19-23-7-4-8-24-19;/h3-5,7-8,16H,2,6,9-15H2,1H3,(H2,20,21,22);1H. The van der Waals surface area contributed by atoms with Gasteiger partial charge >= 0.3 is 0 Å². The van der Waals surface area contributed by atoms with Gasteiger partial charge in [0.15, 0.2) is 5.96 Å². The van der Waals surface area contributed by atoms with E-state index in [9.17, 15) is 0 Å². The van der Waals surface area contributed by atoms with E-state index in [1.54, 1.807) is 23.7 Å². The highest BCUT2D eigenvalue weighted by molar-refractivity contribution is 14.0. The summed E-state index contributed by atoms with van der Waals surface area (Å²) in [6.07, 6.45) is 4.64. The average Bonchev–Trinajstić information content (AvgIpc) is 3.23. The number of halogens is 1. The minimum absolute atomic E-state index is 0. The molecule has 0 saturated carbocycles. The molecule has 1 aliphatic heterocycles. The Bertz CT molecular complexity index is 673. The van der Waals surface area contributed by atoms with Crippen molar-refractivity contribution in [2.75, 3.05) is 57.3 Å². The van der Waals surface area contributed by atoms with Crippen LogP contribution in [-0.4, -0.2) is 73.2 Å². The Labute approximate surface area is 188 Å². The van der Waals surface area contributed by atoms with Crippen LogP contribution in [0.5, 0.6) is 0 Å². The van der Waals surface area contributed by atoms with Crippen LogP contribution in [0.25, 0.3) is 0 Å². The second-order valence-corrected chi connectivity index (χ2v) is 7.43. The van der Waals surface area contributed by atoms with E-state index in [-0.39, 0.29) is 24.0 Å². The van der Waals surface area contributed by atoms with Crippen LogP contribution >= 0.6 is 35.3 Å². The molecule has 7 nitrogen and oxygen atoms in total. The number of thiophene rings is 1. The molecule has 0 radical (unpaired) electrons. The second-order valence-electron chi connectivity index (χ2n) is 6.39. The Balaban J connectivity index is 0.00000280. The molecule has 2 aromatic rings. The summed E-state index contributed by atoms with van der Waals surface area (Å²) in [6, 6.07) is 6.13. The van der Waals surface area contributed by atoms with E-state index in [1.165, 1.54) is 4.88 Å². The molecule has 2 N–H and O–H groups in total. The minimum atomic E-state index is 0. The fourth-order valence-electron chi connectivity index (χ4n) is 3.03. The van der Waals surface area contributed by atoms with Crippen molar-refractivity contribution < 1.29 is 0 Å². The van der Waals surface area contributed by atoms with Gasteiger partial charge < -0.3 is 15.5 Å². The van der Waals surface area contributed by atoms with E-state index < -0.39 is 0 Å². The van der Waals surface area contributed by atoms with Crippen LogP contribution in [0, 0.1) is 0 Å². The number of nitrogens with zero attached hydrogens (tertiary/aromatic N) is 5. The largest absolute Gasteiger partial charge is 0.357 e. The maximum Gasteiger partial charge on any atom is 0.225 e. The third-order valence-corrected chi connectivity index (χ3v) is 5.42. The maximum atomic E-state index is 4.72. The quantitative estimate of drug-likeness (QED) is 0.319. The smallest absolute Gasteiger partial charge is 0.225 e. The lowest BCUT2D eigenvalue weighted by molar-refractivity contribution is 0.263. The van der Waals surface area contributed by atoms with Gasteiger partial charge in [0.05, 0.1) is 6.54 Å². The number of piperazine rings is 1. The van der Waals surface area contributed by atoms with Crippen LogP contribution in [-0.2, 0) is 6.42 Å². The van der Waals surface area contributed by atoms with Crippen molar-refractivity contribution in [1.29, 1.82) is 0 Å². The number of aliphatic imine (C=N–C) groups is 1. The Morgan fingerprint density at radius 3 is 2.61 bits per heavy atom. The first-order valence-electron chi connectivity index (χ1n) is 9.64. The molecule has 0 aliphatic carbocycles. The van der Waals surface area contributed by atoms with E-state index in [1.807, 2.05) is 6.07 Å². The molecule has 28 heavy (non-hydrogen) atoms. The first-order valence-corrected chi connectivity index (χ1v) is 10.5. The Morgan fingerprint density at radius 1 is 1.14 bits per heavy atom. The predicted octanol–water partition coefficient (Wildman–Crippen LogP) is 2.08. The van der Waals surface area contributed by atoms with Crippen molar-refractivity contribution in [3.05, 3.63) is 40.8 Å². The summed E-state index contributed by atoms with van der Waals surface area (Å²) in [6.45, 7) is 9.64.